The molecule has 0 fully saturated rings. The molecule has 0 radical (unpaired) electrons. The van der Waals surface area contributed by atoms with Gasteiger partial charge in [-0.1, -0.05) is 6.07 Å². The Hall–Kier alpha value is -3.48. The van der Waals surface area contributed by atoms with E-state index in [1.54, 1.807) is 13.0 Å². The van der Waals surface area contributed by atoms with Crippen molar-refractivity contribution in [1.29, 1.82) is 0 Å². The number of methoxy groups -OCH3 is 1. The molecule has 0 unspecified atom stereocenters. The van der Waals surface area contributed by atoms with E-state index in [2.05, 4.69) is 0 Å². The van der Waals surface area contributed by atoms with Crippen LogP contribution in [-0.4, -0.2) is 30.4 Å². The first-order chi connectivity index (χ1) is 14.5. The van der Waals surface area contributed by atoms with Crippen LogP contribution in [0.3, 0.4) is 0 Å². The van der Waals surface area contributed by atoms with Gasteiger partial charge in [-0.15, -0.1) is 0 Å². The number of carbonyl (C=O) groups excluding carboxylic acids is 2. The Morgan fingerprint density at radius 2 is 1.58 bits per heavy atom. The molecule has 164 valence electrons. The molecule has 0 spiro atoms. The molecule has 31 heavy (non-hydrogen) atoms. The van der Waals surface area contributed by atoms with E-state index in [1.165, 1.54) is 32.2 Å². The molecule has 0 saturated carbocycles. The van der Waals surface area contributed by atoms with Crippen molar-refractivity contribution in [2.75, 3.05) is 13.7 Å². The highest BCUT2D eigenvalue weighted by molar-refractivity contribution is 6.01. The highest BCUT2D eigenvalue weighted by Gasteiger charge is 2.23. The first-order valence-corrected chi connectivity index (χ1v) is 9.87. The minimum Gasteiger partial charge on any atom is -0.490 e. The number of nitro groups is 1. The van der Waals surface area contributed by atoms with E-state index in [4.69, 9.17) is 9.47 Å². The fraction of sp³-hybridized carbons (Fsp3) is 0.333. The normalized spacial score (nSPS) is 11.3. The summed E-state index contributed by atoms with van der Waals surface area (Å²) >= 11 is 0. The first-order valence-electron chi connectivity index (χ1n) is 9.87. The Kier molecular flexibility index (Phi) is 7.33. The van der Waals surface area contributed by atoms with Crippen LogP contribution in [0.2, 0.25) is 0 Å². The van der Waals surface area contributed by atoms with Crippen molar-refractivity contribution < 1.29 is 24.0 Å². The third kappa shape index (κ3) is 4.66. The molecule has 2 aromatic rings. The van der Waals surface area contributed by atoms with Crippen molar-refractivity contribution in [1.82, 2.24) is 0 Å². The van der Waals surface area contributed by atoms with E-state index in [0.717, 1.165) is 27.8 Å². The summed E-state index contributed by atoms with van der Waals surface area (Å²) in [6.07, 6.45) is 1.34. The van der Waals surface area contributed by atoms with Crippen LogP contribution in [0.4, 0.5) is 5.69 Å². The van der Waals surface area contributed by atoms with Crippen LogP contribution >= 0.6 is 0 Å². The van der Waals surface area contributed by atoms with Gasteiger partial charge in [0.2, 0.25) is 0 Å². The van der Waals surface area contributed by atoms with E-state index in [1.807, 2.05) is 27.7 Å². The van der Waals surface area contributed by atoms with Crippen molar-refractivity contribution in [3.8, 4) is 5.75 Å². The van der Waals surface area contributed by atoms with Crippen LogP contribution in [0.25, 0.3) is 5.57 Å². The summed E-state index contributed by atoms with van der Waals surface area (Å²) in [6, 6.07) is 4.55. The zero-order valence-corrected chi connectivity index (χ0v) is 18.9. The number of rotatable bonds is 7. The monoisotopic (exact) mass is 425 g/mol. The molecule has 0 heterocycles. The summed E-state index contributed by atoms with van der Waals surface area (Å²) in [5.74, 6) is -0.471. The number of ether oxygens (including phenoxy) is 2. The maximum atomic E-state index is 12.4. The fourth-order valence-corrected chi connectivity index (χ4v) is 3.85. The second-order valence-electron chi connectivity index (χ2n) is 7.26. The lowest BCUT2D eigenvalue weighted by Gasteiger charge is -2.21. The number of nitrogens with zero attached hydrogens (tertiary/aromatic N) is 1. The number of carbonyl (C=O) groups is 2. The quantitative estimate of drug-likeness (QED) is 0.203. The lowest BCUT2D eigenvalue weighted by atomic mass is 9.82. The fourth-order valence-electron chi connectivity index (χ4n) is 3.85. The minimum absolute atomic E-state index is 0.0382. The van der Waals surface area contributed by atoms with E-state index in [9.17, 15) is 19.7 Å². The summed E-state index contributed by atoms with van der Waals surface area (Å²) in [5.41, 5.74) is 5.40. The van der Waals surface area contributed by atoms with Gasteiger partial charge in [0, 0.05) is 17.7 Å². The molecule has 0 aromatic heterocycles. The highest BCUT2D eigenvalue weighted by atomic mass is 16.6. The molecule has 2 rings (SSSR count). The van der Waals surface area contributed by atoms with Crippen LogP contribution in [0.1, 0.15) is 57.6 Å². The second-order valence-corrected chi connectivity index (χ2v) is 7.26. The first kappa shape index (κ1) is 23.8. The summed E-state index contributed by atoms with van der Waals surface area (Å²) < 4.78 is 10.2. The molecule has 0 bridgehead atoms. The topological polar surface area (TPSA) is 95.7 Å². The van der Waals surface area contributed by atoms with Crippen molar-refractivity contribution in [3.05, 3.63) is 73.3 Å². The number of benzene rings is 2. The lowest BCUT2D eigenvalue weighted by Crippen LogP contribution is -2.10. The third-order valence-corrected chi connectivity index (χ3v) is 5.48. The molecule has 0 aliphatic rings. The maximum Gasteiger partial charge on any atom is 0.331 e. The van der Waals surface area contributed by atoms with Gasteiger partial charge in [-0.25, -0.2) is 4.79 Å². The zero-order valence-electron chi connectivity index (χ0n) is 18.9. The summed E-state index contributed by atoms with van der Waals surface area (Å²) in [6.45, 7) is 10.9. The molecular weight excluding hydrogens is 398 g/mol. The van der Waals surface area contributed by atoms with Crippen molar-refractivity contribution in [3.63, 3.8) is 0 Å². The van der Waals surface area contributed by atoms with Gasteiger partial charge in [-0.3, -0.25) is 14.9 Å². The molecule has 0 amide bonds. The molecule has 0 atom stereocenters. The van der Waals surface area contributed by atoms with Crippen LogP contribution in [0.15, 0.2) is 24.3 Å². The molecule has 0 saturated heterocycles. The average Bonchev–Trinajstić information content (AvgIpc) is 2.71. The Labute approximate surface area is 181 Å². The zero-order chi connectivity index (χ0) is 23.5. The smallest absolute Gasteiger partial charge is 0.331 e. The lowest BCUT2D eigenvalue weighted by molar-refractivity contribution is -0.385. The van der Waals surface area contributed by atoms with E-state index in [0.29, 0.717) is 16.7 Å². The molecule has 0 aliphatic carbocycles. The number of hydrogen-bond donors (Lipinski definition) is 0. The van der Waals surface area contributed by atoms with Gasteiger partial charge in [-0.2, -0.15) is 0 Å². The van der Waals surface area contributed by atoms with Crippen molar-refractivity contribution >= 4 is 23.0 Å². The molecule has 0 aliphatic heterocycles. The number of esters is 1. The van der Waals surface area contributed by atoms with Gasteiger partial charge in [-0.05, 0) is 86.6 Å². The number of hydrogen-bond acceptors (Lipinski definition) is 6. The van der Waals surface area contributed by atoms with Crippen LogP contribution < -0.4 is 4.74 Å². The highest BCUT2D eigenvalue weighted by Crippen LogP contribution is 2.38. The van der Waals surface area contributed by atoms with Crippen LogP contribution in [-0.2, 0) is 9.53 Å². The summed E-state index contributed by atoms with van der Waals surface area (Å²) in [7, 11) is 1.36. The van der Waals surface area contributed by atoms with Crippen LogP contribution in [0, 0.1) is 37.8 Å². The average molecular weight is 425 g/mol. The Morgan fingerprint density at radius 1 is 1.03 bits per heavy atom. The molecule has 7 nitrogen and oxygen atoms in total. The van der Waals surface area contributed by atoms with Crippen molar-refractivity contribution in [2.24, 2.45) is 0 Å². The Balaban J connectivity index is 2.91. The van der Waals surface area contributed by atoms with Gasteiger partial charge < -0.3 is 9.47 Å². The molecule has 0 N–H and O–H groups in total. The maximum absolute atomic E-state index is 12.4. The molecule has 7 heteroatoms. The van der Waals surface area contributed by atoms with E-state index in [-0.39, 0.29) is 23.8 Å². The standard InChI is InChI=1S/C24H27NO6/c1-8-31-22(27)12-19(18-9-10-21(30-7)20(11-18)25(28)29)24-15(4)13(2)23(17(6)26)14(3)16(24)5/h9-12H,8H2,1-7H3/b19-12-. The third-order valence-electron chi connectivity index (χ3n) is 5.48. The largest absolute Gasteiger partial charge is 0.490 e. The molecule has 2 aromatic carbocycles. The minimum atomic E-state index is -0.555. The van der Waals surface area contributed by atoms with Gasteiger partial charge in [0.1, 0.15) is 0 Å². The van der Waals surface area contributed by atoms with Gasteiger partial charge in [0.05, 0.1) is 18.6 Å². The van der Waals surface area contributed by atoms with Gasteiger partial charge >= 0.3 is 11.7 Å². The van der Waals surface area contributed by atoms with Crippen molar-refractivity contribution in [2.45, 2.75) is 41.5 Å². The molecular formula is C24H27NO6. The Bertz CT molecular complexity index is 1070. The number of nitro benzene ring substituents is 1. The SMILES string of the molecule is CCOC(=O)/C=C(/c1ccc(OC)c([N+](=O)[O-])c1)c1c(C)c(C)c(C(C)=O)c(C)c1C. The van der Waals surface area contributed by atoms with Gasteiger partial charge in [0.15, 0.2) is 11.5 Å². The van der Waals surface area contributed by atoms with Gasteiger partial charge in [0.25, 0.3) is 0 Å². The van der Waals surface area contributed by atoms with E-state index < -0.39 is 10.9 Å². The van der Waals surface area contributed by atoms with Crippen LogP contribution in [0.5, 0.6) is 5.75 Å². The number of Topliss-reactive ketones (excluding diaryl/α,β-unsaturated/α-hetero) is 1. The Morgan fingerprint density at radius 3 is 2.03 bits per heavy atom. The number of ketones is 1. The van der Waals surface area contributed by atoms with E-state index >= 15 is 0 Å². The summed E-state index contributed by atoms with van der Waals surface area (Å²) in [5, 5.41) is 11.6. The predicted molar refractivity (Wildman–Crippen MR) is 119 cm³/mol. The second kappa shape index (κ2) is 9.55. The summed E-state index contributed by atoms with van der Waals surface area (Å²) in [4.78, 5) is 35.6. The predicted octanol–water partition coefficient (Wildman–Crippen LogP) is 5.03.